The molecule has 1 aromatic heterocycles. The Morgan fingerprint density at radius 3 is 2.75 bits per heavy atom. The van der Waals surface area contributed by atoms with E-state index in [-0.39, 0.29) is 6.61 Å². The van der Waals surface area contributed by atoms with E-state index in [9.17, 15) is 0 Å². The first-order valence-electron chi connectivity index (χ1n) is 5.26. The zero-order valence-electron chi connectivity index (χ0n) is 9.23. The quantitative estimate of drug-likeness (QED) is 0.801. The van der Waals surface area contributed by atoms with Crippen molar-refractivity contribution in [2.24, 2.45) is 0 Å². The number of aliphatic hydroxyl groups is 1. The Kier molecular flexibility index (Phi) is 3.27. The molecule has 2 aromatic rings. The SMILES string of the molecule is Cc1c(CCO)ccc(-c2cccs2)c1N. The topological polar surface area (TPSA) is 46.2 Å². The minimum Gasteiger partial charge on any atom is -0.398 e. The molecular formula is C13H15NOS. The summed E-state index contributed by atoms with van der Waals surface area (Å²) >= 11 is 1.69. The first-order chi connectivity index (χ1) is 7.74. The average Bonchev–Trinajstić information content (AvgIpc) is 2.79. The van der Waals surface area contributed by atoms with Gasteiger partial charge in [0.1, 0.15) is 0 Å². The van der Waals surface area contributed by atoms with Gasteiger partial charge in [0.05, 0.1) is 0 Å². The number of hydrogen-bond acceptors (Lipinski definition) is 3. The molecule has 0 aliphatic carbocycles. The lowest BCUT2D eigenvalue weighted by molar-refractivity contribution is 0.299. The van der Waals surface area contributed by atoms with Crippen molar-refractivity contribution >= 4 is 17.0 Å². The first-order valence-corrected chi connectivity index (χ1v) is 6.14. The maximum atomic E-state index is 8.95. The highest BCUT2D eigenvalue weighted by atomic mass is 32.1. The van der Waals surface area contributed by atoms with E-state index in [2.05, 4.69) is 12.1 Å². The number of benzene rings is 1. The van der Waals surface area contributed by atoms with E-state index in [1.54, 1.807) is 11.3 Å². The zero-order chi connectivity index (χ0) is 11.5. The molecule has 0 amide bonds. The molecular weight excluding hydrogens is 218 g/mol. The number of hydrogen-bond donors (Lipinski definition) is 2. The molecule has 0 saturated heterocycles. The predicted molar refractivity (Wildman–Crippen MR) is 69.7 cm³/mol. The second kappa shape index (κ2) is 4.68. The number of nitrogen functional groups attached to an aromatic ring is 1. The van der Waals surface area contributed by atoms with Crippen molar-refractivity contribution in [3.05, 3.63) is 40.8 Å². The van der Waals surface area contributed by atoms with Gasteiger partial charge in [0, 0.05) is 22.7 Å². The average molecular weight is 233 g/mol. The second-order valence-corrected chi connectivity index (χ2v) is 4.71. The fourth-order valence-electron chi connectivity index (χ4n) is 1.81. The molecule has 84 valence electrons. The van der Waals surface area contributed by atoms with Gasteiger partial charge < -0.3 is 10.8 Å². The van der Waals surface area contributed by atoms with Crippen LogP contribution in [0, 0.1) is 6.92 Å². The van der Waals surface area contributed by atoms with E-state index in [0.29, 0.717) is 6.42 Å². The molecule has 0 radical (unpaired) electrons. The van der Waals surface area contributed by atoms with Gasteiger partial charge in [-0.2, -0.15) is 0 Å². The Morgan fingerprint density at radius 2 is 2.12 bits per heavy atom. The highest BCUT2D eigenvalue weighted by Crippen LogP contribution is 2.33. The maximum absolute atomic E-state index is 8.95. The molecule has 16 heavy (non-hydrogen) atoms. The predicted octanol–water partition coefficient (Wildman–Crippen LogP) is 2.84. The fourth-order valence-corrected chi connectivity index (χ4v) is 2.58. The summed E-state index contributed by atoms with van der Waals surface area (Å²) in [6.07, 6.45) is 0.667. The molecule has 1 heterocycles. The van der Waals surface area contributed by atoms with Crippen LogP contribution in [-0.2, 0) is 6.42 Å². The summed E-state index contributed by atoms with van der Waals surface area (Å²) in [5, 5.41) is 11.0. The van der Waals surface area contributed by atoms with Gasteiger partial charge in [-0.15, -0.1) is 11.3 Å². The summed E-state index contributed by atoms with van der Waals surface area (Å²) in [7, 11) is 0. The largest absolute Gasteiger partial charge is 0.398 e. The lowest BCUT2D eigenvalue weighted by atomic mass is 9.99. The normalized spacial score (nSPS) is 10.6. The summed E-state index contributed by atoms with van der Waals surface area (Å²) in [6, 6.07) is 8.19. The van der Waals surface area contributed by atoms with Crippen molar-refractivity contribution in [3.63, 3.8) is 0 Å². The van der Waals surface area contributed by atoms with Crippen LogP contribution in [0.2, 0.25) is 0 Å². The molecule has 2 nitrogen and oxygen atoms in total. The van der Waals surface area contributed by atoms with E-state index < -0.39 is 0 Å². The minimum absolute atomic E-state index is 0.165. The van der Waals surface area contributed by atoms with Gasteiger partial charge in [-0.3, -0.25) is 0 Å². The molecule has 0 unspecified atom stereocenters. The summed E-state index contributed by atoms with van der Waals surface area (Å²) in [6.45, 7) is 2.18. The first kappa shape index (κ1) is 11.2. The molecule has 2 rings (SSSR count). The summed E-state index contributed by atoms with van der Waals surface area (Å²) in [5.74, 6) is 0. The third-order valence-corrected chi connectivity index (χ3v) is 3.70. The summed E-state index contributed by atoms with van der Waals surface area (Å²) in [5.41, 5.74) is 10.3. The lowest BCUT2D eigenvalue weighted by Gasteiger charge is -2.11. The molecule has 0 aliphatic rings. The van der Waals surface area contributed by atoms with Crippen molar-refractivity contribution in [3.8, 4) is 10.4 Å². The highest BCUT2D eigenvalue weighted by Gasteiger charge is 2.08. The van der Waals surface area contributed by atoms with Crippen LogP contribution in [0.3, 0.4) is 0 Å². The Hall–Kier alpha value is -1.32. The van der Waals surface area contributed by atoms with E-state index >= 15 is 0 Å². The number of rotatable bonds is 3. The highest BCUT2D eigenvalue weighted by molar-refractivity contribution is 7.13. The molecule has 0 atom stereocenters. The van der Waals surface area contributed by atoms with Crippen molar-refractivity contribution < 1.29 is 5.11 Å². The number of anilines is 1. The Bertz CT molecular complexity index is 477. The lowest BCUT2D eigenvalue weighted by Crippen LogP contribution is -2.00. The molecule has 0 spiro atoms. The molecule has 3 N–H and O–H groups in total. The van der Waals surface area contributed by atoms with Crippen LogP contribution >= 0.6 is 11.3 Å². The van der Waals surface area contributed by atoms with Crippen LogP contribution in [0.1, 0.15) is 11.1 Å². The second-order valence-electron chi connectivity index (χ2n) is 3.76. The van der Waals surface area contributed by atoms with Crippen LogP contribution in [0.5, 0.6) is 0 Å². The summed E-state index contributed by atoms with van der Waals surface area (Å²) in [4.78, 5) is 1.19. The number of thiophene rings is 1. The van der Waals surface area contributed by atoms with E-state index in [1.807, 2.05) is 24.4 Å². The van der Waals surface area contributed by atoms with Crippen molar-refractivity contribution in [1.29, 1.82) is 0 Å². The standard InChI is InChI=1S/C13H15NOS/c1-9-10(6-7-15)4-5-11(13(9)14)12-3-2-8-16-12/h2-5,8,15H,6-7,14H2,1H3. The van der Waals surface area contributed by atoms with Crippen LogP contribution in [0.25, 0.3) is 10.4 Å². The van der Waals surface area contributed by atoms with Gasteiger partial charge in [0.15, 0.2) is 0 Å². The molecule has 0 fully saturated rings. The third kappa shape index (κ3) is 1.96. The monoisotopic (exact) mass is 233 g/mol. The van der Waals surface area contributed by atoms with Gasteiger partial charge in [0.25, 0.3) is 0 Å². The molecule has 0 bridgehead atoms. The van der Waals surface area contributed by atoms with Gasteiger partial charge in [-0.25, -0.2) is 0 Å². The Balaban J connectivity index is 2.47. The van der Waals surface area contributed by atoms with Gasteiger partial charge >= 0.3 is 0 Å². The van der Waals surface area contributed by atoms with Crippen LogP contribution < -0.4 is 5.73 Å². The van der Waals surface area contributed by atoms with Crippen molar-refractivity contribution in [2.75, 3.05) is 12.3 Å². The Labute approximate surface area is 99.4 Å². The van der Waals surface area contributed by atoms with Crippen LogP contribution in [0.4, 0.5) is 5.69 Å². The van der Waals surface area contributed by atoms with Crippen molar-refractivity contribution in [2.45, 2.75) is 13.3 Å². The third-order valence-electron chi connectivity index (χ3n) is 2.79. The van der Waals surface area contributed by atoms with E-state index in [0.717, 1.165) is 22.4 Å². The van der Waals surface area contributed by atoms with E-state index in [1.165, 1.54) is 4.88 Å². The Morgan fingerprint density at radius 1 is 1.31 bits per heavy atom. The summed E-state index contributed by atoms with van der Waals surface area (Å²) < 4.78 is 0. The zero-order valence-corrected chi connectivity index (χ0v) is 10.1. The van der Waals surface area contributed by atoms with E-state index in [4.69, 9.17) is 10.8 Å². The molecule has 0 saturated carbocycles. The molecule has 1 aromatic carbocycles. The van der Waals surface area contributed by atoms with Gasteiger partial charge in [0.2, 0.25) is 0 Å². The number of aliphatic hydroxyl groups excluding tert-OH is 1. The minimum atomic E-state index is 0.165. The maximum Gasteiger partial charge on any atom is 0.0471 e. The smallest absolute Gasteiger partial charge is 0.0471 e. The van der Waals surface area contributed by atoms with Gasteiger partial charge in [-0.1, -0.05) is 18.2 Å². The van der Waals surface area contributed by atoms with Crippen LogP contribution in [-0.4, -0.2) is 11.7 Å². The molecule has 3 heteroatoms. The molecule has 0 aliphatic heterocycles. The van der Waals surface area contributed by atoms with Gasteiger partial charge in [-0.05, 0) is 35.9 Å². The van der Waals surface area contributed by atoms with Crippen LogP contribution in [0.15, 0.2) is 29.6 Å². The fraction of sp³-hybridized carbons (Fsp3) is 0.231. The number of nitrogens with two attached hydrogens (primary N) is 1. The van der Waals surface area contributed by atoms with Crippen molar-refractivity contribution in [1.82, 2.24) is 0 Å².